The van der Waals surface area contributed by atoms with Crippen molar-refractivity contribution in [2.24, 2.45) is 0 Å². The van der Waals surface area contributed by atoms with Gasteiger partial charge in [-0.3, -0.25) is 15.4 Å². The van der Waals surface area contributed by atoms with Crippen molar-refractivity contribution in [3.63, 3.8) is 0 Å². The number of non-ortho nitro benzene ring substituents is 1. The largest absolute Gasteiger partial charge is 0.423 e. The highest BCUT2D eigenvalue weighted by atomic mass is 35.5. The average Bonchev–Trinajstić information content (AvgIpc) is 3.08. The molecular formula is C14H7ClN4O3S. The quantitative estimate of drug-likeness (QED) is 0.425. The number of halogens is 1. The number of anilines is 2. The van der Waals surface area contributed by atoms with Gasteiger partial charge >= 0.3 is 6.01 Å². The van der Waals surface area contributed by atoms with Crippen molar-refractivity contribution < 1.29 is 9.34 Å². The molecule has 0 radical (unpaired) electrons. The van der Waals surface area contributed by atoms with E-state index in [0.717, 1.165) is 0 Å². The monoisotopic (exact) mass is 346 g/mol. The van der Waals surface area contributed by atoms with Crippen LogP contribution in [0.15, 0.2) is 40.8 Å². The number of hydrogen-bond acceptors (Lipinski definition) is 7. The second-order valence-corrected chi connectivity index (χ2v) is 6.15. The van der Waals surface area contributed by atoms with Gasteiger partial charge in [0.15, 0.2) is 10.7 Å². The van der Waals surface area contributed by atoms with E-state index in [0.29, 0.717) is 31.5 Å². The number of oxazole rings is 1. The lowest BCUT2D eigenvalue weighted by Gasteiger charge is -1.92. The first-order chi connectivity index (χ1) is 11.1. The molecule has 0 saturated carbocycles. The van der Waals surface area contributed by atoms with Gasteiger partial charge in [-0.05, 0) is 24.3 Å². The number of nitro benzene ring substituents is 1. The Labute approximate surface area is 137 Å². The predicted molar refractivity (Wildman–Crippen MR) is 88.6 cm³/mol. The summed E-state index contributed by atoms with van der Waals surface area (Å²) in [5.41, 5.74) is 1.94. The number of aromatic nitrogens is 2. The molecule has 0 aliphatic carbocycles. The maximum Gasteiger partial charge on any atom is 0.302 e. The number of benzene rings is 2. The molecule has 0 atom stereocenters. The summed E-state index contributed by atoms with van der Waals surface area (Å²) in [4.78, 5) is 19.0. The number of nitro groups is 1. The summed E-state index contributed by atoms with van der Waals surface area (Å²) in [6, 6.07) is 9.97. The fraction of sp³-hybridized carbons (Fsp3) is 0. The predicted octanol–water partition coefficient (Wildman–Crippen LogP) is 4.74. The lowest BCUT2D eigenvalue weighted by molar-refractivity contribution is -0.384. The summed E-state index contributed by atoms with van der Waals surface area (Å²) in [5.74, 6) is 0. The summed E-state index contributed by atoms with van der Waals surface area (Å²) in [6.45, 7) is 0. The van der Waals surface area contributed by atoms with Gasteiger partial charge in [0.2, 0.25) is 0 Å². The van der Waals surface area contributed by atoms with Crippen LogP contribution in [-0.4, -0.2) is 14.9 Å². The Kier molecular flexibility index (Phi) is 3.14. The fourth-order valence-electron chi connectivity index (χ4n) is 2.13. The zero-order valence-electron chi connectivity index (χ0n) is 11.3. The van der Waals surface area contributed by atoms with Crippen LogP contribution in [0, 0.1) is 10.1 Å². The van der Waals surface area contributed by atoms with Crippen molar-refractivity contribution in [3.8, 4) is 0 Å². The third kappa shape index (κ3) is 2.58. The van der Waals surface area contributed by atoms with Gasteiger partial charge in [0, 0.05) is 17.2 Å². The third-order valence-electron chi connectivity index (χ3n) is 3.15. The Hall–Kier alpha value is -2.71. The van der Waals surface area contributed by atoms with Crippen molar-refractivity contribution in [2.75, 3.05) is 5.32 Å². The molecule has 0 aliphatic rings. The minimum atomic E-state index is -0.434. The molecule has 23 heavy (non-hydrogen) atoms. The molecule has 4 aromatic rings. The normalized spacial score (nSPS) is 11.2. The van der Waals surface area contributed by atoms with Crippen LogP contribution in [0.25, 0.3) is 21.3 Å². The molecule has 0 spiro atoms. The first-order valence-electron chi connectivity index (χ1n) is 6.46. The van der Waals surface area contributed by atoms with E-state index in [-0.39, 0.29) is 11.7 Å². The van der Waals surface area contributed by atoms with Crippen LogP contribution in [0.4, 0.5) is 16.8 Å². The van der Waals surface area contributed by atoms with Crippen molar-refractivity contribution in [3.05, 3.63) is 51.5 Å². The Morgan fingerprint density at radius 1 is 1.17 bits per heavy atom. The molecule has 0 aliphatic heterocycles. The van der Waals surface area contributed by atoms with E-state index >= 15 is 0 Å². The van der Waals surface area contributed by atoms with Gasteiger partial charge < -0.3 is 4.42 Å². The topological polar surface area (TPSA) is 94.1 Å². The maximum atomic E-state index is 10.8. The van der Waals surface area contributed by atoms with Crippen LogP contribution in [0.5, 0.6) is 0 Å². The maximum absolute atomic E-state index is 10.8. The smallest absolute Gasteiger partial charge is 0.302 e. The molecule has 114 valence electrons. The van der Waals surface area contributed by atoms with E-state index in [1.54, 1.807) is 24.3 Å². The molecule has 1 N–H and O–H groups in total. The molecule has 2 aromatic heterocycles. The summed E-state index contributed by atoms with van der Waals surface area (Å²) >= 11 is 7.20. The van der Waals surface area contributed by atoms with E-state index in [1.165, 1.54) is 23.5 Å². The number of hydrogen-bond donors (Lipinski definition) is 1. The van der Waals surface area contributed by atoms with Gasteiger partial charge in [0.1, 0.15) is 5.52 Å². The first kappa shape index (κ1) is 13.9. The lowest BCUT2D eigenvalue weighted by atomic mass is 10.3. The standard InChI is InChI=1S/C14H7ClN4O3S/c15-7-1-4-11-10(5-7)16-13(22-11)18-14-17-9-3-2-8(19(20)21)6-12(9)23-14/h1-6H,(H,16,17,18). The van der Waals surface area contributed by atoms with Gasteiger partial charge in [-0.1, -0.05) is 22.9 Å². The molecule has 9 heteroatoms. The highest BCUT2D eigenvalue weighted by molar-refractivity contribution is 7.22. The van der Waals surface area contributed by atoms with Gasteiger partial charge in [-0.15, -0.1) is 0 Å². The van der Waals surface area contributed by atoms with Crippen molar-refractivity contribution in [2.45, 2.75) is 0 Å². The minimum absolute atomic E-state index is 0.0317. The fourth-order valence-corrected chi connectivity index (χ4v) is 3.18. The lowest BCUT2D eigenvalue weighted by Crippen LogP contribution is -1.88. The number of rotatable bonds is 3. The number of nitrogens with zero attached hydrogens (tertiary/aromatic N) is 3. The Morgan fingerprint density at radius 3 is 2.87 bits per heavy atom. The summed E-state index contributed by atoms with van der Waals surface area (Å²) in [6.07, 6.45) is 0. The Balaban J connectivity index is 1.69. The van der Waals surface area contributed by atoms with Crippen LogP contribution >= 0.6 is 22.9 Å². The Morgan fingerprint density at radius 2 is 2.04 bits per heavy atom. The van der Waals surface area contributed by atoms with Crippen molar-refractivity contribution in [1.82, 2.24) is 9.97 Å². The van der Waals surface area contributed by atoms with E-state index in [1.807, 2.05) is 0 Å². The highest BCUT2D eigenvalue weighted by Gasteiger charge is 2.12. The highest BCUT2D eigenvalue weighted by Crippen LogP contribution is 2.31. The third-order valence-corrected chi connectivity index (χ3v) is 4.32. The second-order valence-electron chi connectivity index (χ2n) is 4.68. The van der Waals surface area contributed by atoms with Crippen LogP contribution in [-0.2, 0) is 0 Å². The molecule has 4 rings (SSSR count). The molecule has 7 nitrogen and oxygen atoms in total. The van der Waals surface area contributed by atoms with Crippen molar-refractivity contribution >= 4 is 61.1 Å². The van der Waals surface area contributed by atoms with E-state index < -0.39 is 4.92 Å². The zero-order chi connectivity index (χ0) is 16.0. The van der Waals surface area contributed by atoms with Crippen LogP contribution in [0.3, 0.4) is 0 Å². The zero-order valence-corrected chi connectivity index (χ0v) is 12.9. The molecule has 2 aromatic carbocycles. The molecule has 2 heterocycles. The van der Waals surface area contributed by atoms with E-state index in [4.69, 9.17) is 16.0 Å². The average molecular weight is 347 g/mol. The van der Waals surface area contributed by atoms with E-state index in [9.17, 15) is 10.1 Å². The molecular weight excluding hydrogens is 340 g/mol. The van der Waals surface area contributed by atoms with Gasteiger partial charge in [0.25, 0.3) is 5.69 Å². The second kappa shape index (κ2) is 5.18. The summed E-state index contributed by atoms with van der Waals surface area (Å²) in [5, 5.41) is 14.9. The van der Waals surface area contributed by atoms with Crippen LogP contribution in [0.1, 0.15) is 0 Å². The summed E-state index contributed by atoms with van der Waals surface area (Å²) in [7, 11) is 0. The minimum Gasteiger partial charge on any atom is -0.423 e. The molecule has 0 saturated heterocycles. The molecule has 0 bridgehead atoms. The SMILES string of the molecule is O=[N+]([O-])c1ccc2nc(Nc3nc4cc(Cl)ccc4o3)sc2c1. The molecule has 0 unspecified atom stereocenters. The van der Waals surface area contributed by atoms with Crippen LogP contribution < -0.4 is 5.32 Å². The Bertz CT molecular complexity index is 1060. The van der Waals surface area contributed by atoms with Crippen LogP contribution in [0.2, 0.25) is 5.02 Å². The van der Waals surface area contributed by atoms with Gasteiger partial charge in [-0.25, -0.2) is 4.98 Å². The van der Waals surface area contributed by atoms with Gasteiger partial charge in [0.05, 0.1) is 15.1 Å². The first-order valence-corrected chi connectivity index (χ1v) is 7.66. The molecule has 0 fully saturated rings. The van der Waals surface area contributed by atoms with Crippen molar-refractivity contribution in [1.29, 1.82) is 0 Å². The number of nitrogens with one attached hydrogen (secondary N) is 1. The van der Waals surface area contributed by atoms with E-state index in [2.05, 4.69) is 15.3 Å². The number of fused-ring (bicyclic) bond motifs is 2. The van der Waals surface area contributed by atoms with Gasteiger partial charge in [-0.2, -0.15) is 4.98 Å². The number of thiazole rings is 1. The summed E-state index contributed by atoms with van der Waals surface area (Å²) < 4.78 is 6.27. The molecule has 0 amide bonds.